The lowest BCUT2D eigenvalue weighted by Gasteiger charge is -2.64. The average Bonchev–Trinajstić information content (AvgIpc) is 2.72. The number of amidine groups is 1. The maximum absolute atomic E-state index is 13.0. The van der Waals surface area contributed by atoms with Gasteiger partial charge in [0.25, 0.3) is 0 Å². The summed E-state index contributed by atoms with van der Waals surface area (Å²) in [4.78, 5) is 6.00. The molecule has 2 aliphatic rings. The van der Waals surface area contributed by atoms with Gasteiger partial charge in [-0.15, -0.1) is 0 Å². The number of halogens is 3. The second-order valence-electron chi connectivity index (χ2n) is 9.00. The monoisotopic (exact) mass is 446 g/mol. The van der Waals surface area contributed by atoms with Gasteiger partial charge in [-0.3, -0.25) is 10.3 Å². The predicted octanol–water partition coefficient (Wildman–Crippen LogP) is 4.35. The van der Waals surface area contributed by atoms with Gasteiger partial charge in [-0.25, -0.2) is 0 Å². The van der Waals surface area contributed by atoms with Crippen LogP contribution in [0.25, 0.3) is 0 Å². The molecular formula is C24H29F3N4O. The van der Waals surface area contributed by atoms with Crippen molar-refractivity contribution in [2.75, 3.05) is 24.5 Å². The summed E-state index contributed by atoms with van der Waals surface area (Å²) in [5, 5.41) is 20.2. The number of nitrogens with zero attached hydrogens (tertiary/aromatic N) is 3. The van der Waals surface area contributed by atoms with Gasteiger partial charge in [0.15, 0.2) is 0 Å². The molecule has 2 fully saturated rings. The first-order valence-electron chi connectivity index (χ1n) is 10.8. The third-order valence-corrected chi connectivity index (χ3v) is 6.69. The number of rotatable bonds is 4. The number of β-amino-alcohol motifs (C(OH)–C–C–N with tert-alkyl or cyclic N) is 1. The van der Waals surface area contributed by atoms with Crippen molar-refractivity contribution in [3.63, 3.8) is 0 Å². The molecule has 0 saturated carbocycles. The van der Waals surface area contributed by atoms with E-state index in [0.717, 1.165) is 17.8 Å². The van der Waals surface area contributed by atoms with Crippen LogP contribution in [0, 0.1) is 5.41 Å². The quantitative estimate of drug-likeness (QED) is 0.734. The summed E-state index contributed by atoms with van der Waals surface area (Å²) in [7, 11) is 0. The van der Waals surface area contributed by atoms with Gasteiger partial charge in [0, 0.05) is 30.9 Å². The highest BCUT2D eigenvalue weighted by Gasteiger charge is 2.59. The SMILES string of the molecule is CC(C)N1CC(O)N([C@@H](C)c2ccc(C(F)(F)F)cc2)C2(CN(c3ccccc3)C2)C1=N. The van der Waals surface area contributed by atoms with Crippen molar-refractivity contribution in [2.45, 2.75) is 50.8 Å². The van der Waals surface area contributed by atoms with Gasteiger partial charge in [0.1, 0.15) is 17.6 Å². The standard InChI is InChI=1S/C24H29F3N4O/c1-16(2)30-13-21(32)31(17(3)18-9-11-19(12-10-18)24(25,26)27)23(22(30)28)14-29(15-23)20-7-5-4-6-8-20/h4-12,16-17,21,28,32H,13-15H2,1-3H3/t17-,21?/m0/s1. The van der Waals surface area contributed by atoms with E-state index in [1.165, 1.54) is 12.1 Å². The summed E-state index contributed by atoms with van der Waals surface area (Å²) >= 11 is 0. The number of alkyl halides is 3. The third kappa shape index (κ3) is 3.75. The van der Waals surface area contributed by atoms with Crippen LogP contribution in [-0.2, 0) is 6.18 Å². The Morgan fingerprint density at radius 3 is 2.12 bits per heavy atom. The first-order valence-corrected chi connectivity index (χ1v) is 10.8. The van der Waals surface area contributed by atoms with Crippen molar-refractivity contribution < 1.29 is 18.3 Å². The van der Waals surface area contributed by atoms with E-state index >= 15 is 0 Å². The van der Waals surface area contributed by atoms with Crippen molar-refractivity contribution in [3.8, 4) is 0 Å². The van der Waals surface area contributed by atoms with Gasteiger partial charge in [0.2, 0.25) is 0 Å². The van der Waals surface area contributed by atoms with Crippen LogP contribution in [0.1, 0.15) is 37.9 Å². The highest BCUT2D eigenvalue weighted by molar-refractivity contribution is 5.93. The molecule has 2 aromatic carbocycles. The maximum Gasteiger partial charge on any atom is 0.416 e. The molecule has 2 aliphatic heterocycles. The number of aliphatic hydroxyl groups excluding tert-OH is 1. The van der Waals surface area contributed by atoms with Gasteiger partial charge in [-0.05, 0) is 50.6 Å². The van der Waals surface area contributed by atoms with E-state index in [1.54, 1.807) is 0 Å². The largest absolute Gasteiger partial charge is 0.416 e. The zero-order valence-corrected chi connectivity index (χ0v) is 18.5. The van der Waals surface area contributed by atoms with Crippen LogP contribution < -0.4 is 4.90 Å². The Morgan fingerprint density at radius 2 is 1.59 bits per heavy atom. The molecule has 2 atom stereocenters. The molecule has 5 nitrogen and oxygen atoms in total. The molecule has 32 heavy (non-hydrogen) atoms. The highest BCUT2D eigenvalue weighted by Crippen LogP contribution is 2.43. The minimum Gasteiger partial charge on any atom is -0.376 e. The lowest BCUT2D eigenvalue weighted by Crippen LogP contribution is -2.82. The highest BCUT2D eigenvalue weighted by atomic mass is 19.4. The van der Waals surface area contributed by atoms with Gasteiger partial charge >= 0.3 is 6.18 Å². The molecule has 2 heterocycles. The zero-order chi connectivity index (χ0) is 23.3. The molecule has 8 heteroatoms. The molecule has 0 amide bonds. The lowest BCUT2D eigenvalue weighted by atomic mass is 9.80. The number of para-hydroxylation sites is 1. The molecule has 1 spiro atoms. The minimum atomic E-state index is -4.39. The minimum absolute atomic E-state index is 0.0586. The van der Waals surface area contributed by atoms with Gasteiger partial charge in [-0.1, -0.05) is 30.3 Å². The van der Waals surface area contributed by atoms with E-state index < -0.39 is 23.5 Å². The van der Waals surface area contributed by atoms with Crippen LogP contribution in [0.4, 0.5) is 18.9 Å². The van der Waals surface area contributed by atoms with Crippen molar-refractivity contribution in [1.82, 2.24) is 9.80 Å². The third-order valence-electron chi connectivity index (χ3n) is 6.69. The smallest absolute Gasteiger partial charge is 0.376 e. The van der Waals surface area contributed by atoms with E-state index in [0.29, 0.717) is 24.5 Å². The Labute approximate surface area is 186 Å². The van der Waals surface area contributed by atoms with Crippen LogP contribution in [0.3, 0.4) is 0 Å². The topological polar surface area (TPSA) is 53.8 Å². The second-order valence-corrected chi connectivity index (χ2v) is 9.00. The number of benzene rings is 2. The molecule has 1 unspecified atom stereocenters. The van der Waals surface area contributed by atoms with E-state index in [2.05, 4.69) is 4.90 Å². The molecule has 172 valence electrons. The van der Waals surface area contributed by atoms with Crippen LogP contribution in [-0.4, -0.2) is 58.2 Å². The molecule has 2 saturated heterocycles. The first kappa shape index (κ1) is 22.6. The first-order chi connectivity index (χ1) is 15.0. The second kappa shape index (κ2) is 8.08. The Hall–Kier alpha value is -2.58. The molecule has 0 aliphatic carbocycles. The number of piperazine rings is 1. The molecule has 4 rings (SSSR count). The Morgan fingerprint density at radius 1 is 1.00 bits per heavy atom. The summed E-state index contributed by atoms with van der Waals surface area (Å²) < 4.78 is 39.0. The van der Waals surface area contributed by atoms with E-state index in [1.807, 2.05) is 60.9 Å². The fourth-order valence-corrected chi connectivity index (χ4v) is 4.96. The van der Waals surface area contributed by atoms with E-state index in [-0.39, 0.29) is 18.6 Å². The fraction of sp³-hybridized carbons (Fsp3) is 0.458. The molecule has 0 radical (unpaired) electrons. The molecular weight excluding hydrogens is 417 g/mol. The number of hydrogen-bond donors (Lipinski definition) is 2. The van der Waals surface area contributed by atoms with Crippen molar-refractivity contribution in [2.24, 2.45) is 0 Å². The number of aliphatic hydroxyl groups is 1. The van der Waals surface area contributed by atoms with Crippen LogP contribution in [0.5, 0.6) is 0 Å². The van der Waals surface area contributed by atoms with E-state index in [4.69, 9.17) is 5.41 Å². The van der Waals surface area contributed by atoms with Crippen LogP contribution in [0.2, 0.25) is 0 Å². The van der Waals surface area contributed by atoms with Crippen molar-refractivity contribution in [3.05, 3.63) is 65.7 Å². The predicted molar refractivity (Wildman–Crippen MR) is 119 cm³/mol. The van der Waals surface area contributed by atoms with Crippen LogP contribution in [0.15, 0.2) is 54.6 Å². The molecule has 0 aromatic heterocycles. The molecule has 0 bridgehead atoms. The molecule has 2 aromatic rings. The van der Waals surface area contributed by atoms with E-state index in [9.17, 15) is 18.3 Å². The van der Waals surface area contributed by atoms with Crippen molar-refractivity contribution in [1.29, 1.82) is 5.41 Å². The summed E-state index contributed by atoms with van der Waals surface area (Å²) in [6, 6.07) is 14.7. The van der Waals surface area contributed by atoms with Crippen molar-refractivity contribution >= 4 is 11.5 Å². The Kier molecular flexibility index (Phi) is 5.71. The molecule has 2 N–H and O–H groups in total. The normalized spacial score (nSPS) is 22.4. The van der Waals surface area contributed by atoms with Gasteiger partial charge in [0.05, 0.1) is 12.1 Å². The number of hydrogen-bond acceptors (Lipinski definition) is 4. The van der Waals surface area contributed by atoms with Gasteiger partial charge < -0.3 is 14.9 Å². The Bertz CT molecular complexity index is 955. The lowest BCUT2D eigenvalue weighted by molar-refractivity contribution is -0.137. The average molecular weight is 447 g/mol. The summed E-state index contributed by atoms with van der Waals surface area (Å²) in [5.41, 5.74) is 0.310. The number of anilines is 1. The van der Waals surface area contributed by atoms with Crippen LogP contribution >= 0.6 is 0 Å². The number of nitrogens with one attached hydrogen (secondary N) is 1. The Balaban J connectivity index is 1.66. The maximum atomic E-state index is 13.0. The summed E-state index contributed by atoms with van der Waals surface area (Å²) in [5.74, 6) is 0.448. The zero-order valence-electron chi connectivity index (χ0n) is 18.5. The summed E-state index contributed by atoms with van der Waals surface area (Å²) in [6.07, 6.45) is -5.24. The fourth-order valence-electron chi connectivity index (χ4n) is 4.96. The summed E-state index contributed by atoms with van der Waals surface area (Å²) in [6.45, 7) is 7.23. The van der Waals surface area contributed by atoms with Gasteiger partial charge in [-0.2, -0.15) is 13.2 Å².